The summed E-state index contributed by atoms with van der Waals surface area (Å²) in [5.41, 5.74) is 4.22. The van der Waals surface area contributed by atoms with Crippen molar-refractivity contribution < 1.29 is 14.7 Å². The van der Waals surface area contributed by atoms with Gasteiger partial charge in [-0.15, -0.1) is 0 Å². The van der Waals surface area contributed by atoms with Crippen LogP contribution >= 0.6 is 0 Å². The number of imidazole rings is 1. The number of aromatic nitrogens is 2. The molecule has 1 saturated carbocycles. The minimum Gasteiger partial charge on any atom is -0.481 e. The highest BCUT2D eigenvalue weighted by molar-refractivity contribution is 5.89. The SMILES string of the molecule is O=C(O)[C@H]1C[C@H]1C(=O)NCc1ccc(Cn2cnc3ccccc32)cc1. The van der Waals surface area contributed by atoms with Crippen LogP contribution in [0.5, 0.6) is 0 Å². The maximum atomic E-state index is 11.9. The summed E-state index contributed by atoms with van der Waals surface area (Å²) in [6.07, 6.45) is 2.28. The Labute approximate surface area is 150 Å². The number of nitrogens with one attached hydrogen (secondary N) is 1. The van der Waals surface area contributed by atoms with E-state index in [9.17, 15) is 9.59 Å². The van der Waals surface area contributed by atoms with E-state index < -0.39 is 11.9 Å². The van der Waals surface area contributed by atoms with Crippen molar-refractivity contribution in [3.05, 3.63) is 66.0 Å². The molecular weight excluding hydrogens is 330 g/mol. The standard InChI is InChI=1S/C20H19N3O3/c24-19(15-9-16(15)20(25)26)21-10-13-5-7-14(8-6-13)11-23-12-22-17-3-1-2-4-18(17)23/h1-8,12,15-16H,9-11H2,(H,21,24)(H,25,26)/t15-,16+/m1/s1. The molecule has 2 atom stereocenters. The van der Waals surface area contributed by atoms with Gasteiger partial charge in [0.1, 0.15) is 0 Å². The average Bonchev–Trinajstić information content (AvgIpc) is 3.37. The number of carbonyl (C=O) groups is 2. The Morgan fingerprint density at radius 3 is 2.54 bits per heavy atom. The van der Waals surface area contributed by atoms with Crippen LogP contribution in [0.2, 0.25) is 0 Å². The van der Waals surface area contributed by atoms with Gasteiger partial charge in [-0.3, -0.25) is 9.59 Å². The number of nitrogens with zero attached hydrogens (tertiary/aromatic N) is 2. The molecule has 0 aliphatic heterocycles. The molecule has 1 amide bonds. The van der Waals surface area contributed by atoms with Crippen molar-refractivity contribution >= 4 is 22.9 Å². The second kappa shape index (κ2) is 6.63. The van der Waals surface area contributed by atoms with Crippen LogP contribution in [0, 0.1) is 11.8 Å². The highest BCUT2D eigenvalue weighted by atomic mass is 16.4. The molecule has 2 N–H and O–H groups in total. The molecule has 1 aliphatic rings. The molecule has 4 rings (SSSR count). The molecule has 0 spiro atoms. The molecule has 132 valence electrons. The fraction of sp³-hybridized carbons (Fsp3) is 0.250. The van der Waals surface area contributed by atoms with Gasteiger partial charge in [0.25, 0.3) is 0 Å². The maximum absolute atomic E-state index is 11.9. The number of aliphatic carboxylic acids is 1. The van der Waals surface area contributed by atoms with E-state index in [-0.39, 0.29) is 11.8 Å². The predicted octanol–water partition coefficient (Wildman–Crippen LogP) is 2.42. The molecule has 0 saturated heterocycles. The first kappa shape index (κ1) is 16.3. The van der Waals surface area contributed by atoms with Crippen LogP contribution in [0.1, 0.15) is 17.5 Å². The highest BCUT2D eigenvalue weighted by Crippen LogP contribution is 2.38. The Kier molecular flexibility index (Phi) is 4.16. The number of amides is 1. The molecule has 1 heterocycles. The van der Waals surface area contributed by atoms with Gasteiger partial charge >= 0.3 is 5.97 Å². The van der Waals surface area contributed by atoms with Crippen LogP contribution in [-0.4, -0.2) is 26.5 Å². The van der Waals surface area contributed by atoms with Gasteiger partial charge in [-0.2, -0.15) is 0 Å². The molecule has 1 fully saturated rings. The van der Waals surface area contributed by atoms with Gasteiger partial charge in [0.2, 0.25) is 5.91 Å². The Morgan fingerprint density at radius 2 is 1.81 bits per heavy atom. The number of hydrogen-bond donors (Lipinski definition) is 2. The van der Waals surface area contributed by atoms with Crippen LogP contribution in [0.4, 0.5) is 0 Å². The van der Waals surface area contributed by atoms with Crippen molar-refractivity contribution in [2.24, 2.45) is 11.8 Å². The van der Waals surface area contributed by atoms with Crippen molar-refractivity contribution in [1.29, 1.82) is 0 Å². The van der Waals surface area contributed by atoms with Crippen LogP contribution < -0.4 is 5.32 Å². The highest BCUT2D eigenvalue weighted by Gasteiger charge is 2.48. The molecule has 1 aromatic heterocycles. The Bertz CT molecular complexity index is 962. The van der Waals surface area contributed by atoms with Crippen molar-refractivity contribution in [2.75, 3.05) is 0 Å². The van der Waals surface area contributed by atoms with Crippen LogP contribution in [0.25, 0.3) is 11.0 Å². The zero-order valence-corrected chi connectivity index (χ0v) is 14.1. The lowest BCUT2D eigenvalue weighted by atomic mass is 10.1. The van der Waals surface area contributed by atoms with E-state index in [0.717, 1.165) is 28.7 Å². The first-order valence-electron chi connectivity index (χ1n) is 8.60. The number of fused-ring (bicyclic) bond motifs is 1. The molecule has 26 heavy (non-hydrogen) atoms. The third-order valence-electron chi connectivity index (χ3n) is 4.81. The van der Waals surface area contributed by atoms with E-state index in [1.54, 1.807) is 0 Å². The van der Waals surface area contributed by atoms with Gasteiger partial charge in [0.05, 0.1) is 29.2 Å². The van der Waals surface area contributed by atoms with Gasteiger partial charge in [-0.25, -0.2) is 4.98 Å². The minimum absolute atomic E-state index is 0.175. The number of hydrogen-bond acceptors (Lipinski definition) is 3. The summed E-state index contributed by atoms with van der Waals surface area (Å²) in [6.45, 7) is 1.14. The summed E-state index contributed by atoms with van der Waals surface area (Å²) in [7, 11) is 0. The Balaban J connectivity index is 1.35. The lowest BCUT2D eigenvalue weighted by molar-refractivity contribution is -0.140. The van der Waals surface area contributed by atoms with E-state index >= 15 is 0 Å². The van der Waals surface area contributed by atoms with E-state index in [4.69, 9.17) is 5.11 Å². The summed E-state index contributed by atoms with van der Waals surface area (Å²) >= 11 is 0. The predicted molar refractivity (Wildman–Crippen MR) is 96.4 cm³/mol. The summed E-state index contributed by atoms with van der Waals surface area (Å²) in [6, 6.07) is 16.1. The monoisotopic (exact) mass is 349 g/mol. The van der Waals surface area contributed by atoms with Gasteiger partial charge in [0.15, 0.2) is 0 Å². The smallest absolute Gasteiger partial charge is 0.307 e. The molecular formula is C20H19N3O3. The van der Waals surface area contributed by atoms with Gasteiger partial charge in [-0.05, 0) is 29.7 Å². The topological polar surface area (TPSA) is 84.2 Å². The molecule has 2 aromatic carbocycles. The fourth-order valence-corrected chi connectivity index (χ4v) is 3.17. The fourth-order valence-electron chi connectivity index (χ4n) is 3.17. The number of carbonyl (C=O) groups excluding carboxylic acids is 1. The second-order valence-electron chi connectivity index (χ2n) is 6.68. The van der Waals surface area contributed by atoms with E-state index in [1.807, 2.05) is 48.8 Å². The summed E-state index contributed by atoms with van der Waals surface area (Å²) in [5.74, 6) is -1.95. The van der Waals surface area contributed by atoms with Gasteiger partial charge in [0, 0.05) is 13.1 Å². The van der Waals surface area contributed by atoms with Crippen molar-refractivity contribution in [3.8, 4) is 0 Å². The van der Waals surface area contributed by atoms with Gasteiger partial charge < -0.3 is 15.0 Å². The van der Waals surface area contributed by atoms with E-state index in [2.05, 4.69) is 20.9 Å². The first-order valence-corrected chi connectivity index (χ1v) is 8.60. The molecule has 6 heteroatoms. The van der Waals surface area contributed by atoms with E-state index in [0.29, 0.717) is 13.0 Å². The van der Waals surface area contributed by atoms with Crippen LogP contribution in [0.3, 0.4) is 0 Å². The maximum Gasteiger partial charge on any atom is 0.307 e. The molecule has 3 aromatic rings. The van der Waals surface area contributed by atoms with Gasteiger partial charge in [-0.1, -0.05) is 36.4 Å². The first-order chi connectivity index (χ1) is 12.6. The molecule has 0 unspecified atom stereocenters. The minimum atomic E-state index is -0.887. The second-order valence-corrected chi connectivity index (χ2v) is 6.68. The average molecular weight is 349 g/mol. The van der Waals surface area contributed by atoms with Crippen molar-refractivity contribution in [3.63, 3.8) is 0 Å². The number of carboxylic acid groups (broad SMARTS) is 1. The van der Waals surface area contributed by atoms with Crippen molar-refractivity contribution in [2.45, 2.75) is 19.5 Å². The summed E-state index contributed by atoms with van der Waals surface area (Å²) in [5, 5.41) is 11.7. The third-order valence-corrected chi connectivity index (χ3v) is 4.81. The Hall–Kier alpha value is -3.15. The quantitative estimate of drug-likeness (QED) is 0.716. The number of carboxylic acids is 1. The molecule has 0 bridgehead atoms. The number of benzene rings is 2. The van der Waals surface area contributed by atoms with Crippen molar-refractivity contribution in [1.82, 2.24) is 14.9 Å². The largest absolute Gasteiger partial charge is 0.481 e. The van der Waals surface area contributed by atoms with Crippen LogP contribution in [-0.2, 0) is 22.7 Å². The lowest BCUT2D eigenvalue weighted by Crippen LogP contribution is -2.25. The zero-order chi connectivity index (χ0) is 18.1. The Morgan fingerprint density at radius 1 is 1.08 bits per heavy atom. The molecule has 1 aliphatic carbocycles. The number of para-hydroxylation sites is 2. The summed E-state index contributed by atoms with van der Waals surface area (Å²) in [4.78, 5) is 27.1. The third kappa shape index (κ3) is 3.31. The molecule has 0 radical (unpaired) electrons. The zero-order valence-electron chi connectivity index (χ0n) is 14.1. The normalized spacial score (nSPS) is 18.6. The molecule has 6 nitrogen and oxygen atoms in total. The summed E-state index contributed by atoms with van der Waals surface area (Å²) < 4.78 is 2.10. The lowest BCUT2D eigenvalue weighted by Gasteiger charge is -2.08. The van der Waals surface area contributed by atoms with Crippen LogP contribution in [0.15, 0.2) is 54.9 Å². The van der Waals surface area contributed by atoms with E-state index in [1.165, 1.54) is 0 Å². The number of rotatable bonds is 6.